The summed E-state index contributed by atoms with van der Waals surface area (Å²) in [6.45, 7) is 7.65. The molecule has 1 atom stereocenters. The minimum absolute atomic E-state index is 0.0599. The van der Waals surface area contributed by atoms with Crippen molar-refractivity contribution in [2.45, 2.75) is 26.8 Å². The van der Waals surface area contributed by atoms with Crippen LogP contribution in [0.15, 0.2) is 4.99 Å². The average molecular weight is 293 g/mol. The molecule has 0 saturated heterocycles. The number of rotatable bonds is 8. The first-order valence-corrected chi connectivity index (χ1v) is 8.55. The third-order valence-electron chi connectivity index (χ3n) is 2.73. The zero-order chi connectivity index (χ0) is 14.9. The highest BCUT2D eigenvalue weighted by Crippen LogP contribution is 1.98. The van der Waals surface area contributed by atoms with Crippen molar-refractivity contribution in [1.82, 2.24) is 10.6 Å². The lowest BCUT2D eigenvalue weighted by molar-refractivity contribution is 0.154. The minimum atomic E-state index is -2.94. The predicted octanol–water partition coefficient (Wildman–Crippen LogP) is 0.257. The molecule has 0 amide bonds. The molecule has 19 heavy (non-hydrogen) atoms. The normalized spacial score (nSPS) is 14.5. The number of hydrogen-bond donors (Lipinski definition) is 2. The molecule has 0 bridgehead atoms. The van der Waals surface area contributed by atoms with Gasteiger partial charge in [-0.2, -0.15) is 0 Å². The first-order chi connectivity index (χ1) is 8.76. The number of hydrogen-bond acceptors (Lipinski definition) is 4. The van der Waals surface area contributed by atoms with E-state index in [1.54, 1.807) is 7.05 Å². The molecule has 0 heterocycles. The molecule has 0 aromatic rings. The van der Waals surface area contributed by atoms with Crippen molar-refractivity contribution < 1.29 is 13.2 Å². The zero-order valence-electron chi connectivity index (χ0n) is 12.6. The Balaban J connectivity index is 3.74. The summed E-state index contributed by atoms with van der Waals surface area (Å²) in [6.07, 6.45) is 1.20. The third kappa shape index (κ3) is 10.8. The van der Waals surface area contributed by atoms with Gasteiger partial charge in [-0.3, -0.25) is 4.99 Å². The quantitative estimate of drug-likeness (QED) is 0.381. The second-order valence-electron chi connectivity index (χ2n) is 4.92. The van der Waals surface area contributed by atoms with Gasteiger partial charge in [-0.05, 0) is 12.8 Å². The largest absolute Gasteiger partial charge is 0.379 e. The molecule has 2 N–H and O–H groups in total. The molecule has 0 aromatic heterocycles. The fraction of sp³-hybridized carbons (Fsp3) is 0.917. The summed E-state index contributed by atoms with van der Waals surface area (Å²) in [4.78, 5) is 4.11. The van der Waals surface area contributed by atoms with Crippen LogP contribution in [0.1, 0.15) is 20.8 Å². The lowest BCUT2D eigenvalue weighted by Crippen LogP contribution is -2.45. The predicted molar refractivity (Wildman–Crippen MR) is 79.3 cm³/mol. The van der Waals surface area contributed by atoms with Gasteiger partial charge in [0.1, 0.15) is 9.84 Å². The molecule has 0 rings (SSSR count). The van der Waals surface area contributed by atoms with E-state index in [9.17, 15) is 8.42 Å². The molecule has 0 aliphatic rings. The van der Waals surface area contributed by atoms with Crippen molar-refractivity contribution in [2.24, 2.45) is 10.9 Å². The Morgan fingerprint density at radius 2 is 1.89 bits per heavy atom. The Hall–Kier alpha value is -0.820. The summed E-state index contributed by atoms with van der Waals surface area (Å²) >= 11 is 0. The van der Waals surface area contributed by atoms with Crippen LogP contribution in [-0.2, 0) is 14.6 Å². The zero-order valence-corrected chi connectivity index (χ0v) is 13.4. The van der Waals surface area contributed by atoms with Crippen molar-refractivity contribution in [2.75, 3.05) is 38.8 Å². The van der Waals surface area contributed by atoms with Crippen LogP contribution in [0.3, 0.4) is 0 Å². The van der Waals surface area contributed by atoms with E-state index in [-0.39, 0.29) is 12.4 Å². The lowest BCUT2D eigenvalue weighted by atomic mass is 10.1. The highest BCUT2D eigenvalue weighted by atomic mass is 32.2. The summed E-state index contributed by atoms with van der Waals surface area (Å²) in [5.74, 6) is 1.31. The van der Waals surface area contributed by atoms with Gasteiger partial charge in [0, 0.05) is 25.9 Å². The Morgan fingerprint density at radius 3 is 2.37 bits per heavy atom. The van der Waals surface area contributed by atoms with E-state index < -0.39 is 9.84 Å². The van der Waals surface area contributed by atoms with Crippen LogP contribution in [0, 0.1) is 5.92 Å². The van der Waals surface area contributed by atoms with Crippen LogP contribution in [0.2, 0.25) is 0 Å². The maximum absolute atomic E-state index is 10.9. The van der Waals surface area contributed by atoms with Crippen LogP contribution >= 0.6 is 0 Å². The molecular formula is C12H27N3O3S. The average Bonchev–Trinajstić information content (AvgIpc) is 2.30. The van der Waals surface area contributed by atoms with E-state index in [1.165, 1.54) is 6.26 Å². The van der Waals surface area contributed by atoms with Gasteiger partial charge in [-0.15, -0.1) is 0 Å². The Kier molecular flexibility index (Phi) is 8.75. The number of guanidine groups is 1. The van der Waals surface area contributed by atoms with Gasteiger partial charge in [0.2, 0.25) is 0 Å². The first kappa shape index (κ1) is 18.2. The molecule has 0 radical (unpaired) electrons. The van der Waals surface area contributed by atoms with Crippen molar-refractivity contribution in [3.05, 3.63) is 0 Å². The van der Waals surface area contributed by atoms with E-state index in [1.807, 2.05) is 0 Å². The molecule has 0 aliphatic heterocycles. The summed E-state index contributed by atoms with van der Waals surface area (Å²) < 4.78 is 27.0. The first-order valence-electron chi connectivity index (χ1n) is 6.49. The van der Waals surface area contributed by atoms with Crippen LogP contribution < -0.4 is 10.6 Å². The smallest absolute Gasteiger partial charge is 0.191 e. The number of nitrogens with zero attached hydrogens (tertiary/aromatic N) is 1. The molecule has 1 unspecified atom stereocenters. The van der Waals surface area contributed by atoms with Crippen molar-refractivity contribution in [1.29, 1.82) is 0 Å². The van der Waals surface area contributed by atoms with Gasteiger partial charge in [0.05, 0.1) is 19.0 Å². The lowest BCUT2D eigenvalue weighted by Gasteiger charge is -2.20. The fourth-order valence-corrected chi connectivity index (χ4v) is 1.55. The second-order valence-corrected chi connectivity index (χ2v) is 7.18. The highest BCUT2D eigenvalue weighted by molar-refractivity contribution is 7.90. The van der Waals surface area contributed by atoms with Crippen molar-refractivity contribution in [3.8, 4) is 0 Å². The highest BCUT2D eigenvalue weighted by Gasteiger charge is 2.08. The van der Waals surface area contributed by atoms with E-state index >= 15 is 0 Å². The van der Waals surface area contributed by atoms with E-state index in [0.717, 1.165) is 5.96 Å². The third-order valence-corrected chi connectivity index (χ3v) is 3.63. The van der Waals surface area contributed by atoms with Gasteiger partial charge in [-0.25, -0.2) is 8.42 Å². The van der Waals surface area contributed by atoms with Crippen LogP contribution in [0.4, 0.5) is 0 Å². The van der Waals surface area contributed by atoms with E-state index in [0.29, 0.717) is 25.1 Å². The van der Waals surface area contributed by atoms with Gasteiger partial charge in [0.25, 0.3) is 0 Å². The van der Waals surface area contributed by atoms with Gasteiger partial charge < -0.3 is 15.4 Å². The summed E-state index contributed by atoms with van der Waals surface area (Å²) in [6, 6.07) is 0.331. The van der Waals surface area contributed by atoms with E-state index in [2.05, 4.69) is 36.4 Å². The molecule has 0 fully saturated rings. The maximum atomic E-state index is 10.9. The monoisotopic (exact) mass is 293 g/mol. The summed E-state index contributed by atoms with van der Waals surface area (Å²) in [5.41, 5.74) is 0. The molecule has 7 heteroatoms. The Bertz CT molecular complexity index is 366. The molecule has 114 valence electrons. The van der Waals surface area contributed by atoms with Crippen molar-refractivity contribution >= 4 is 15.8 Å². The van der Waals surface area contributed by atoms with Crippen molar-refractivity contribution in [3.63, 3.8) is 0 Å². The van der Waals surface area contributed by atoms with Gasteiger partial charge in [0.15, 0.2) is 5.96 Å². The standard InChI is InChI=1S/C12H27N3O3S/c1-10(2)11(3)15-12(13-4)14-6-7-18-8-9-19(5,16)17/h10-11H,6-9H2,1-5H3,(H2,13,14,15). The second kappa shape index (κ2) is 9.14. The van der Waals surface area contributed by atoms with Crippen LogP contribution in [0.5, 0.6) is 0 Å². The summed E-state index contributed by atoms with van der Waals surface area (Å²) in [7, 11) is -1.22. The van der Waals surface area contributed by atoms with Crippen LogP contribution in [0.25, 0.3) is 0 Å². The molecule has 0 aliphatic carbocycles. The Labute approximate surface area is 116 Å². The van der Waals surface area contributed by atoms with Crippen LogP contribution in [-0.4, -0.2) is 59.2 Å². The summed E-state index contributed by atoms with van der Waals surface area (Å²) in [5, 5.41) is 6.39. The molecule has 6 nitrogen and oxygen atoms in total. The Morgan fingerprint density at radius 1 is 1.26 bits per heavy atom. The maximum Gasteiger partial charge on any atom is 0.191 e. The van der Waals surface area contributed by atoms with Gasteiger partial charge >= 0.3 is 0 Å². The number of aliphatic imine (C=N–C) groups is 1. The fourth-order valence-electron chi connectivity index (χ4n) is 1.13. The molecule has 0 aromatic carbocycles. The molecule has 0 saturated carbocycles. The molecule has 0 spiro atoms. The SMILES string of the molecule is CN=C(NCCOCCS(C)(=O)=O)NC(C)C(C)C. The number of nitrogens with one attached hydrogen (secondary N) is 2. The van der Waals surface area contributed by atoms with Gasteiger partial charge in [-0.1, -0.05) is 13.8 Å². The minimum Gasteiger partial charge on any atom is -0.379 e. The molecular weight excluding hydrogens is 266 g/mol. The van der Waals surface area contributed by atoms with E-state index in [4.69, 9.17) is 4.74 Å². The number of sulfone groups is 1. The number of ether oxygens (including phenoxy) is 1. The topological polar surface area (TPSA) is 79.8 Å².